The molecule has 0 spiro atoms. The molecule has 1 N–H and O–H groups in total. The third-order valence-corrected chi connectivity index (χ3v) is 5.64. The van der Waals surface area contributed by atoms with Gasteiger partial charge in [0.25, 0.3) is 0 Å². The first-order chi connectivity index (χ1) is 11.4. The van der Waals surface area contributed by atoms with E-state index in [1.54, 1.807) is 4.68 Å². The van der Waals surface area contributed by atoms with Crippen molar-refractivity contribution in [3.63, 3.8) is 0 Å². The van der Waals surface area contributed by atoms with E-state index in [9.17, 15) is 9.59 Å². The maximum atomic E-state index is 12.1. The lowest BCUT2D eigenvalue weighted by molar-refractivity contribution is -0.126. The lowest BCUT2D eigenvalue weighted by atomic mass is 10.0. The molecule has 128 valence electrons. The Balaban J connectivity index is 1.99. The van der Waals surface area contributed by atoms with E-state index in [-0.39, 0.29) is 23.4 Å². The standard InChI is InChI=1S/C16H19N3O2S3/c1-10(2)14(11(3)20)17-13(21)9-23-15-18-19(16(22)24-15)12-7-5-4-6-8-12/h4-8,10,14H,9H2,1-3H3,(H,17,21). The van der Waals surface area contributed by atoms with Gasteiger partial charge in [0.1, 0.15) is 0 Å². The number of hydrogen-bond acceptors (Lipinski definition) is 6. The van der Waals surface area contributed by atoms with Gasteiger partial charge in [0.2, 0.25) is 5.91 Å². The molecular weight excluding hydrogens is 362 g/mol. The molecule has 1 aromatic heterocycles. The largest absolute Gasteiger partial charge is 0.345 e. The van der Waals surface area contributed by atoms with Gasteiger partial charge in [-0.2, -0.15) is 0 Å². The maximum Gasteiger partial charge on any atom is 0.231 e. The fourth-order valence-electron chi connectivity index (χ4n) is 2.13. The lowest BCUT2D eigenvalue weighted by Gasteiger charge is -2.19. The number of carbonyl (C=O) groups is 2. The van der Waals surface area contributed by atoms with Crippen molar-refractivity contribution < 1.29 is 9.59 Å². The summed E-state index contributed by atoms with van der Waals surface area (Å²) in [6.45, 7) is 5.31. The Morgan fingerprint density at radius 3 is 2.58 bits per heavy atom. The Bertz CT molecular complexity index is 768. The van der Waals surface area contributed by atoms with Crippen molar-refractivity contribution in [2.45, 2.75) is 31.2 Å². The highest BCUT2D eigenvalue weighted by Crippen LogP contribution is 2.23. The van der Waals surface area contributed by atoms with E-state index in [0.29, 0.717) is 3.95 Å². The number of aromatic nitrogens is 2. The van der Waals surface area contributed by atoms with Gasteiger partial charge in [-0.25, -0.2) is 4.68 Å². The van der Waals surface area contributed by atoms with Crippen LogP contribution >= 0.6 is 35.3 Å². The van der Waals surface area contributed by atoms with Gasteiger partial charge < -0.3 is 5.32 Å². The van der Waals surface area contributed by atoms with Crippen molar-refractivity contribution in [3.05, 3.63) is 34.3 Å². The van der Waals surface area contributed by atoms with Gasteiger partial charge in [0.05, 0.1) is 17.5 Å². The first-order valence-corrected chi connectivity index (χ1v) is 9.67. The van der Waals surface area contributed by atoms with Gasteiger partial charge in [-0.1, -0.05) is 55.1 Å². The zero-order valence-corrected chi connectivity index (χ0v) is 16.1. The highest BCUT2D eigenvalue weighted by Gasteiger charge is 2.20. The summed E-state index contributed by atoms with van der Waals surface area (Å²) in [5.74, 6) is 0.0533. The van der Waals surface area contributed by atoms with Crippen LogP contribution in [0.3, 0.4) is 0 Å². The zero-order chi connectivity index (χ0) is 17.7. The number of amides is 1. The third-order valence-electron chi connectivity index (χ3n) is 3.28. The number of benzene rings is 1. The molecule has 0 aliphatic carbocycles. The van der Waals surface area contributed by atoms with Crippen molar-refractivity contribution >= 4 is 47.0 Å². The minimum absolute atomic E-state index is 0.0348. The Hall–Kier alpha value is -1.51. The molecule has 0 aliphatic heterocycles. The van der Waals surface area contributed by atoms with Gasteiger partial charge >= 0.3 is 0 Å². The Morgan fingerprint density at radius 1 is 1.33 bits per heavy atom. The quantitative estimate of drug-likeness (QED) is 0.587. The van der Waals surface area contributed by atoms with Crippen LogP contribution in [0.1, 0.15) is 20.8 Å². The van der Waals surface area contributed by atoms with Crippen LogP contribution in [0, 0.1) is 9.87 Å². The molecular formula is C16H19N3O2S3. The van der Waals surface area contributed by atoms with Crippen molar-refractivity contribution in [2.75, 3.05) is 5.75 Å². The second kappa shape index (κ2) is 8.55. The molecule has 1 aromatic carbocycles. The van der Waals surface area contributed by atoms with E-state index in [4.69, 9.17) is 12.2 Å². The highest BCUT2D eigenvalue weighted by atomic mass is 32.2. The minimum Gasteiger partial charge on any atom is -0.345 e. The number of carbonyl (C=O) groups excluding carboxylic acids is 2. The predicted octanol–water partition coefficient (Wildman–Crippen LogP) is 3.49. The van der Waals surface area contributed by atoms with E-state index < -0.39 is 6.04 Å². The monoisotopic (exact) mass is 381 g/mol. The number of hydrogen-bond donors (Lipinski definition) is 1. The van der Waals surface area contributed by atoms with Crippen LogP contribution < -0.4 is 5.32 Å². The average molecular weight is 382 g/mol. The fraction of sp³-hybridized carbons (Fsp3) is 0.375. The molecule has 0 radical (unpaired) electrons. The molecule has 0 fully saturated rings. The maximum absolute atomic E-state index is 12.1. The van der Waals surface area contributed by atoms with Crippen LogP contribution in [0.2, 0.25) is 0 Å². The van der Waals surface area contributed by atoms with Gasteiger partial charge in [-0.3, -0.25) is 9.59 Å². The number of nitrogens with zero attached hydrogens (tertiary/aromatic N) is 2. The molecule has 0 bridgehead atoms. The summed E-state index contributed by atoms with van der Waals surface area (Å²) in [5, 5.41) is 7.22. The zero-order valence-electron chi connectivity index (χ0n) is 13.7. The Labute approximate surface area is 154 Å². The van der Waals surface area contributed by atoms with Crippen LogP contribution in [0.5, 0.6) is 0 Å². The molecule has 1 unspecified atom stereocenters. The van der Waals surface area contributed by atoms with Gasteiger partial charge in [-0.15, -0.1) is 5.10 Å². The summed E-state index contributed by atoms with van der Waals surface area (Å²) in [7, 11) is 0. The van der Waals surface area contributed by atoms with Gasteiger partial charge in [0, 0.05) is 0 Å². The fourth-order valence-corrected chi connectivity index (χ4v) is 4.30. The number of thioether (sulfide) groups is 1. The molecule has 0 aliphatic rings. The van der Waals surface area contributed by atoms with Crippen LogP contribution in [-0.2, 0) is 9.59 Å². The van der Waals surface area contributed by atoms with Crippen molar-refractivity contribution in [3.8, 4) is 5.69 Å². The Kier molecular flexibility index (Phi) is 6.70. The van der Waals surface area contributed by atoms with Crippen LogP contribution in [0.25, 0.3) is 5.69 Å². The average Bonchev–Trinajstić information content (AvgIpc) is 2.92. The summed E-state index contributed by atoms with van der Waals surface area (Å²) >= 11 is 8.02. The van der Waals surface area contributed by atoms with Gasteiger partial charge in [0.15, 0.2) is 14.1 Å². The molecule has 0 saturated heterocycles. The lowest BCUT2D eigenvalue weighted by Crippen LogP contribution is -2.44. The van der Waals surface area contributed by atoms with Crippen molar-refractivity contribution in [2.24, 2.45) is 5.92 Å². The minimum atomic E-state index is -0.446. The smallest absolute Gasteiger partial charge is 0.231 e. The molecule has 5 nitrogen and oxygen atoms in total. The molecule has 2 rings (SSSR count). The molecule has 0 saturated carbocycles. The van der Waals surface area contributed by atoms with E-state index in [2.05, 4.69) is 10.4 Å². The Morgan fingerprint density at radius 2 is 2.00 bits per heavy atom. The molecule has 1 atom stereocenters. The molecule has 2 aromatic rings. The summed E-state index contributed by atoms with van der Waals surface area (Å²) in [5.41, 5.74) is 0.895. The second-order valence-corrected chi connectivity index (χ2v) is 8.41. The number of nitrogens with one attached hydrogen (secondary N) is 1. The van der Waals surface area contributed by atoms with Crippen LogP contribution in [0.15, 0.2) is 34.7 Å². The summed E-state index contributed by atoms with van der Waals surface area (Å²) in [6.07, 6.45) is 0. The van der Waals surface area contributed by atoms with E-state index >= 15 is 0 Å². The van der Waals surface area contributed by atoms with Crippen molar-refractivity contribution in [1.29, 1.82) is 0 Å². The van der Waals surface area contributed by atoms with E-state index in [1.165, 1.54) is 30.0 Å². The van der Waals surface area contributed by atoms with Crippen LogP contribution in [-0.4, -0.2) is 33.3 Å². The predicted molar refractivity (Wildman–Crippen MR) is 100 cm³/mol. The highest BCUT2D eigenvalue weighted by molar-refractivity contribution is 8.01. The number of para-hydroxylation sites is 1. The molecule has 8 heteroatoms. The number of rotatable bonds is 7. The summed E-state index contributed by atoms with van der Waals surface area (Å²) in [4.78, 5) is 23.6. The second-order valence-electron chi connectivity index (χ2n) is 5.57. The van der Waals surface area contributed by atoms with Crippen molar-refractivity contribution in [1.82, 2.24) is 15.1 Å². The number of ketones is 1. The topological polar surface area (TPSA) is 64.0 Å². The first kappa shape index (κ1) is 18.8. The first-order valence-electron chi connectivity index (χ1n) is 7.46. The normalized spacial score (nSPS) is 12.2. The van der Waals surface area contributed by atoms with E-state index in [1.807, 2.05) is 44.2 Å². The van der Waals surface area contributed by atoms with Gasteiger partial charge in [-0.05, 0) is 37.2 Å². The summed E-state index contributed by atoms with van der Waals surface area (Å²) in [6, 6.07) is 9.18. The van der Waals surface area contributed by atoms with Crippen LogP contribution in [0.4, 0.5) is 0 Å². The SMILES string of the molecule is CC(=O)C(NC(=O)CSc1nn(-c2ccccc2)c(=S)s1)C(C)C. The summed E-state index contributed by atoms with van der Waals surface area (Å²) < 4.78 is 3.04. The third kappa shape index (κ3) is 4.99. The molecule has 1 heterocycles. The molecule has 24 heavy (non-hydrogen) atoms. The van der Waals surface area contributed by atoms with E-state index in [0.717, 1.165) is 10.0 Å². The number of Topliss-reactive ketones (excluding diaryl/α,β-unsaturated/α-hetero) is 1. The molecule has 1 amide bonds.